The van der Waals surface area contributed by atoms with E-state index in [-0.39, 0.29) is 5.75 Å². The van der Waals surface area contributed by atoms with Crippen LogP contribution in [0.4, 0.5) is 0 Å². The summed E-state index contributed by atoms with van der Waals surface area (Å²) in [7, 11) is -4.48. The zero-order chi connectivity index (χ0) is 12.3. The maximum absolute atomic E-state index is 10.6. The van der Waals surface area contributed by atoms with E-state index in [0.29, 0.717) is 0 Å². The lowest BCUT2D eigenvalue weighted by Gasteiger charge is -2.04. The summed E-state index contributed by atoms with van der Waals surface area (Å²) in [5, 5.41) is 0. The van der Waals surface area contributed by atoms with Crippen molar-refractivity contribution in [2.45, 2.75) is 0 Å². The van der Waals surface area contributed by atoms with E-state index in [4.69, 9.17) is 4.55 Å². The third-order valence-corrected chi connectivity index (χ3v) is 2.55. The van der Waals surface area contributed by atoms with E-state index in [9.17, 15) is 8.42 Å². The molecule has 0 aliphatic rings. The smallest absolute Gasteiger partial charge is 0.362 e. The topological polar surface area (TPSA) is 63.6 Å². The maximum Gasteiger partial charge on any atom is 0.446 e. The Balaban J connectivity index is 2.36. The lowest BCUT2D eigenvalue weighted by atomic mass is 10.1. The van der Waals surface area contributed by atoms with Crippen LogP contribution >= 0.6 is 0 Å². The molecule has 0 saturated carbocycles. The Bertz CT molecular complexity index is 605. The van der Waals surface area contributed by atoms with Crippen molar-refractivity contribution in [2.75, 3.05) is 0 Å². The van der Waals surface area contributed by atoms with Crippen LogP contribution in [-0.2, 0) is 10.4 Å². The number of rotatable bonds is 3. The third-order valence-electron chi connectivity index (χ3n) is 2.14. The highest BCUT2D eigenvalue weighted by Gasteiger charge is 2.07. The van der Waals surface area contributed by atoms with Gasteiger partial charge in [0, 0.05) is 0 Å². The van der Waals surface area contributed by atoms with Crippen LogP contribution in [0.5, 0.6) is 5.75 Å². The fourth-order valence-electron chi connectivity index (χ4n) is 1.48. The molecule has 4 nitrogen and oxygen atoms in total. The first kappa shape index (κ1) is 11.6. The van der Waals surface area contributed by atoms with Crippen LogP contribution in [0.25, 0.3) is 11.1 Å². The molecule has 1 N–H and O–H groups in total. The fourth-order valence-corrected chi connectivity index (χ4v) is 1.83. The summed E-state index contributed by atoms with van der Waals surface area (Å²) in [5.74, 6) is 0.0776. The first-order valence-corrected chi connectivity index (χ1v) is 6.23. The highest BCUT2D eigenvalue weighted by atomic mass is 32.3. The molecule has 0 aliphatic heterocycles. The van der Waals surface area contributed by atoms with E-state index in [1.807, 2.05) is 36.4 Å². The van der Waals surface area contributed by atoms with Gasteiger partial charge in [0.25, 0.3) is 0 Å². The molecule has 0 amide bonds. The van der Waals surface area contributed by atoms with Crippen molar-refractivity contribution >= 4 is 10.4 Å². The molecule has 5 heteroatoms. The molecule has 0 radical (unpaired) electrons. The Hall–Kier alpha value is -1.85. The van der Waals surface area contributed by atoms with Gasteiger partial charge in [0.05, 0.1) is 0 Å². The van der Waals surface area contributed by atoms with Crippen LogP contribution in [0.1, 0.15) is 0 Å². The lowest BCUT2D eigenvalue weighted by Crippen LogP contribution is -2.06. The van der Waals surface area contributed by atoms with Gasteiger partial charge in [-0.2, -0.15) is 8.42 Å². The Morgan fingerprint density at radius 2 is 1.53 bits per heavy atom. The van der Waals surface area contributed by atoms with Gasteiger partial charge in [-0.1, -0.05) is 42.5 Å². The van der Waals surface area contributed by atoms with Crippen molar-refractivity contribution in [1.82, 2.24) is 0 Å². The molecule has 17 heavy (non-hydrogen) atoms. The summed E-state index contributed by atoms with van der Waals surface area (Å²) >= 11 is 0. The summed E-state index contributed by atoms with van der Waals surface area (Å²) in [6.07, 6.45) is 0. The summed E-state index contributed by atoms with van der Waals surface area (Å²) in [4.78, 5) is 0. The van der Waals surface area contributed by atoms with Crippen LogP contribution in [0.3, 0.4) is 0 Å². The van der Waals surface area contributed by atoms with E-state index in [0.717, 1.165) is 11.1 Å². The highest BCUT2D eigenvalue weighted by Crippen LogP contribution is 2.24. The van der Waals surface area contributed by atoms with Crippen LogP contribution in [0.15, 0.2) is 54.6 Å². The fraction of sp³-hybridized carbons (Fsp3) is 0. The molecular formula is C12H10O4S. The molecule has 2 aromatic rings. The van der Waals surface area contributed by atoms with E-state index >= 15 is 0 Å². The average molecular weight is 250 g/mol. The third kappa shape index (κ3) is 3.30. The van der Waals surface area contributed by atoms with Gasteiger partial charge in [-0.05, 0) is 23.3 Å². The molecule has 0 aliphatic carbocycles. The second-order valence-corrected chi connectivity index (χ2v) is 4.43. The van der Waals surface area contributed by atoms with Crippen molar-refractivity contribution in [2.24, 2.45) is 0 Å². The average Bonchev–Trinajstić information content (AvgIpc) is 2.28. The van der Waals surface area contributed by atoms with Gasteiger partial charge in [0.1, 0.15) is 5.75 Å². The monoisotopic (exact) mass is 250 g/mol. The molecule has 88 valence electrons. The predicted octanol–water partition coefficient (Wildman–Crippen LogP) is 2.54. The number of hydrogen-bond acceptors (Lipinski definition) is 3. The van der Waals surface area contributed by atoms with Gasteiger partial charge >= 0.3 is 10.4 Å². The van der Waals surface area contributed by atoms with Crippen LogP contribution in [0.2, 0.25) is 0 Å². The van der Waals surface area contributed by atoms with Crippen molar-refractivity contribution in [3.05, 3.63) is 54.6 Å². The lowest BCUT2D eigenvalue weighted by molar-refractivity contribution is 0.387. The van der Waals surface area contributed by atoms with E-state index in [2.05, 4.69) is 4.18 Å². The minimum Gasteiger partial charge on any atom is -0.362 e. The summed E-state index contributed by atoms with van der Waals surface area (Å²) in [6, 6.07) is 15.9. The van der Waals surface area contributed by atoms with Crippen LogP contribution in [-0.4, -0.2) is 13.0 Å². The van der Waals surface area contributed by atoms with Crippen LogP contribution < -0.4 is 4.18 Å². The van der Waals surface area contributed by atoms with Gasteiger partial charge in [-0.15, -0.1) is 0 Å². The Labute approximate surface area is 99.4 Å². The zero-order valence-corrected chi connectivity index (χ0v) is 9.59. The first-order chi connectivity index (χ1) is 8.04. The maximum atomic E-state index is 10.6. The molecule has 0 unspecified atom stereocenters. The molecule has 0 fully saturated rings. The molecule has 2 rings (SSSR count). The SMILES string of the molecule is O=S(=O)(O)Oc1cccc(-c2ccccc2)c1. The quantitative estimate of drug-likeness (QED) is 0.850. The van der Waals surface area contributed by atoms with E-state index in [1.165, 1.54) is 6.07 Å². The van der Waals surface area contributed by atoms with Crippen molar-refractivity contribution in [3.8, 4) is 16.9 Å². The van der Waals surface area contributed by atoms with Crippen molar-refractivity contribution < 1.29 is 17.2 Å². The Morgan fingerprint density at radius 3 is 2.18 bits per heavy atom. The molecule has 0 heterocycles. The van der Waals surface area contributed by atoms with Gasteiger partial charge in [-0.25, -0.2) is 0 Å². The number of benzene rings is 2. The number of hydrogen-bond donors (Lipinski definition) is 1. The van der Waals surface area contributed by atoms with Gasteiger partial charge in [-0.3, -0.25) is 4.55 Å². The van der Waals surface area contributed by atoms with Gasteiger partial charge in [0.2, 0.25) is 0 Å². The molecule has 0 aromatic heterocycles. The minimum absolute atomic E-state index is 0.0776. The minimum atomic E-state index is -4.48. The first-order valence-electron chi connectivity index (χ1n) is 4.87. The summed E-state index contributed by atoms with van der Waals surface area (Å²) < 4.78 is 34.1. The molecule has 0 bridgehead atoms. The van der Waals surface area contributed by atoms with Crippen molar-refractivity contribution in [3.63, 3.8) is 0 Å². The normalized spacial score (nSPS) is 11.1. The van der Waals surface area contributed by atoms with Gasteiger partial charge in [0.15, 0.2) is 0 Å². The largest absolute Gasteiger partial charge is 0.446 e. The molecule has 0 atom stereocenters. The summed E-state index contributed by atoms with van der Waals surface area (Å²) in [6.45, 7) is 0. The second kappa shape index (κ2) is 4.57. The van der Waals surface area contributed by atoms with E-state index < -0.39 is 10.4 Å². The predicted molar refractivity (Wildman–Crippen MR) is 64.1 cm³/mol. The standard InChI is InChI=1S/C12H10O4S/c13-17(14,15)16-12-8-4-7-11(9-12)10-5-2-1-3-6-10/h1-9H,(H,13,14,15). The van der Waals surface area contributed by atoms with Crippen molar-refractivity contribution in [1.29, 1.82) is 0 Å². The molecule has 0 saturated heterocycles. The zero-order valence-electron chi connectivity index (χ0n) is 8.78. The Morgan fingerprint density at radius 1 is 0.882 bits per heavy atom. The van der Waals surface area contributed by atoms with Crippen LogP contribution in [0, 0.1) is 0 Å². The molecule has 0 spiro atoms. The second-order valence-electron chi connectivity index (χ2n) is 3.40. The van der Waals surface area contributed by atoms with Gasteiger partial charge < -0.3 is 4.18 Å². The molecular weight excluding hydrogens is 240 g/mol. The Kier molecular flexibility index (Phi) is 3.12. The van der Waals surface area contributed by atoms with E-state index in [1.54, 1.807) is 12.1 Å². The highest BCUT2D eigenvalue weighted by molar-refractivity contribution is 7.81. The summed E-state index contributed by atoms with van der Waals surface area (Å²) in [5.41, 5.74) is 1.75. The molecule has 2 aromatic carbocycles.